The second-order valence-corrected chi connectivity index (χ2v) is 12.6. The van der Waals surface area contributed by atoms with Gasteiger partial charge in [0.25, 0.3) is 11.5 Å². The number of fused-ring (bicyclic) bond motifs is 1. The second kappa shape index (κ2) is 13.3. The molecular formula is C35H27BrClN3O4S. The summed E-state index contributed by atoms with van der Waals surface area (Å²) in [6.07, 6.45) is 1.76. The SMILES string of the molecule is COc1cccc([C@H]2C(C(=O)Nc3ccccc3)=C(C)N=c3s/c(=C\c4cc(Cl)ccc4OCc4ccc(Br)cc4)c(=O)n32)c1. The number of nitrogens with one attached hydrogen (secondary N) is 1. The van der Waals surface area contributed by atoms with E-state index in [2.05, 4.69) is 21.2 Å². The molecule has 2 heterocycles. The zero-order valence-corrected chi connectivity index (χ0v) is 27.4. The molecule has 0 spiro atoms. The van der Waals surface area contributed by atoms with Crippen LogP contribution in [0.1, 0.15) is 29.7 Å². The minimum Gasteiger partial charge on any atom is -0.497 e. The monoisotopic (exact) mass is 699 g/mol. The predicted molar refractivity (Wildman–Crippen MR) is 182 cm³/mol. The molecule has 0 saturated heterocycles. The van der Waals surface area contributed by atoms with Gasteiger partial charge in [0.15, 0.2) is 4.80 Å². The molecule has 1 amide bonds. The summed E-state index contributed by atoms with van der Waals surface area (Å²) >= 11 is 11.1. The Kier molecular flexibility index (Phi) is 9.02. The lowest BCUT2D eigenvalue weighted by Crippen LogP contribution is -2.40. The normalized spacial score (nSPS) is 14.5. The number of methoxy groups -OCH3 is 1. The number of hydrogen-bond acceptors (Lipinski definition) is 6. The maximum absolute atomic E-state index is 14.2. The van der Waals surface area contributed by atoms with Gasteiger partial charge in [0, 0.05) is 20.7 Å². The van der Waals surface area contributed by atoms with Crippen LogP contribution in [0.4, 0.5) is 5.69 Å². The van der Waals surface area contributed by atoms with E-state index in [-0.39, 0.29) is 11.5 Å². The fourth-order valence-electron chi connectivity index (χ4n) is 5.11. The first-order chi connectivity index (χ1) is 21.8. The second-order valence-electron chi connectivity index (χ2n) is 10.3. The lowest BCUT2D eigenvalue weighted by molar-refractivity contribution is -0.113. The van der Waals surface area contributed by atoms with Crippen molar-refractivity contribution >= 4 is 56.5 Å². The van der Waals surface area contributed by atoms with Gasteiger partial charge in [0.05, 0.1) is 29.0 Å². The smallest absolute Gasteiger partial charge is 0.271 e. The van der Waals surface area contributed by atoms with Crippen LogP contribution in [-0.4, -0.2) is 17.6 Å². The van der Waals surface area contributed by atoms with Gasteiger partial charge >= 0.3 is 0 Å². The molecule has 6 rings (SSSR count). The number of carbonyl (C=O) groups is 1. The average molecular weight is 701 g/mol. The number of rotatable bonds is 8. The topological polar surface area (TPSA) is 81.9 Å². The molecule has 0 radical (unpaired) electrons. The molecule has 0 aliphatic carbocycles. The number of nitrogens with zero attached hydrogens (tertiary/aromatic N) is 2. The van der Waals surface area contributed by atoms with E-state index in [4.69, 9.17) is 26.1 Å². The van der Waals surface area contributed by atoms with Gasteiger partial charge in [-0.1, -0.05) is 81.3 Å². The Hall–Kier alpha value is -4.44. The molecule has 0 fully saturated rings. The Labute approximate surface area is 276 Å². The standard InChI is InChI=1S/C35H27BrClN3O4S/c1-21-31(33(41)39-27-8-4-3-5-9-27)32(23-7-6-10-28(18-23)43-2)40-34(42)30(45-35(40)38-21)19-24-17-26(37)15-16-29(24)44-20-22-11-13-25(36)14-12-22/h3-19,32H,20H2,1-2H3,(H,39,41)/b30-19-/t32-/m0/s1. The third kappa shape index (κ3) is 6.66. The van der Waals surface area contributed by atoms with E-state index in [9.17, 15) is 9.59 Å². The first-order valence-corrected chi connectivity index (χ1v) is 16.0. The summed E-state index contributed by atoms with van der Waals surface area (Å²) in [4.78, 5) is 33.2. The number of halogens is 2. The van der Waals surface area contributed by atoms with Crippen molar-refractivity contribution < 1.29 is 14.3 Å². The van der Waals surface area contributed by atoms with Gasteiger partial charge in [-0.25, -0.2) is 4.99 Å². The summed E-state index contributed by atoms with van der Waals surface area (Å²) in [6.45, 7) is 2.13. The van der Waals surface area contributed by atoms with E-state index >= 15 is 0 Å². The Morgan fingerprint density at radius 3 is 2.58 bits per heavy atom. The summed E-state index contributed by atoms with van der Waals surface area (Å²) in [6, 6.07) is 29.0. The van der Waals surface area contributed by atoms with Crippen LogP contribution in [0.15, 0.2) is 123 Å². The van der Waals surface area contributed by atoms with Crippen molar-refractivity contribution in [2.24, 2.45) is 4.99 Å². The van der Waals surface area contributed by atoms with E-state index in [1.54, 1.807) is 42.9 Å². The molecular weight excluding hydrogens is 674 g/mol. The first-order valence-electron chi connectivity index (χ1n) is 14.0. The maximum Gasteiger partial charge on any atom is 0.271 e. The Morgan fingerprint density at radius 2 is 1.82 bits per heavy atom. The predicted octanol–water partition coefficient (Wildman–Crippen LogP) is 6.88. The fraction of sp³-hybridized carbons (Fsp3) is 0.114. The molecule has 45 heavy (non-hydrogen) atoms. The number of para-hydroxylation sites is 1. The van der Waals surface area contributed by atoms with Crippen molar-refractivity contribution in [3.05, 3.63) is 154 Å². The molecule has 7 nitrogen and oxygen atoms in total. The summed E-state index contributed by atoms with van der Waals surface area (Å²) in [5.74, 6) is 0.846. The summed E-state index contributed by atoms with van der Waals surface area (Å²) in [7, 11) is 1.58. The lowest BCUT2D eigenvalue weighted by Gasteiger charge is -2.25. The largest absolute Gasteiger partial charge is 0.497 e. The molecule has 0 saturated carbocycles. The molecule has 4 aromatic carbocycles. The summed E-state index contributed by atoms with van der Waals surface area (Å²) < 4.78 is 14.6. The van der Waals surface area contributed by atoms with Crippen molar-refractivity contribution in [3.63, 3.8) is 0 Å². The molecule has 1 aliphatic rings. The number of allylic oxidation sites excluding steroid dienone is 1. The van der Waals surface area contributed by atoms with Gasteiger partial charge in [-0.3, -0.25) is 14.2 Å². The molecule has 1 N–H and O–H groups in total. The number of anilines is 1. The Balaban J connectivity index is 1.45. The van der Waals surface area contributed by atoms with E-state index < -0.39 is 6.04 Å². The van der Waals surface area contributed by atoms with Gasteiger partial charge < -0.3 is 14.8 Å². The van der Waals surface area contributed by atoms with Gasteiger partial charge in [-0.15, -0.1) is 0 Å². The Morgan fingerprint density at radius 1 is 1.04 bits per heavy atom. The Bertz CT molecular complexity index is 2110. The average Bonchev–Trinajstić information content (AvgIpc) is 3.34. The van der Waals surface area contributed by atoms with Crippen LogP contribution in [0.2, 0.25) is 5.02 Å². The molecule has 0 unspecified atom stereocenters. The van der Waals surface area contributed by atoms with E-state index in [1.807, 2.05) is 78.9 Å². The number of benzene rings is 4. The van der Waals surface area contributed by atoms with Crippen molar-refractivity contribution in [1.29, 1.82) is 0 Å². The molecule has 1 aromatic heterocycles. The number of carbonyl (C=O) groups excluding carboxylic acids is 1. The van der Waals surface area contributed by atoms with Crippen molar-refractivity contribution in [1.82, 2.24) is 4.57 Å². The van der Waals surface area contributed by atoms with Crippen LogP contribution < -0.4 is 29.7 Å². The minimum atomic E-state index is -0.741. The van der Waals surface area contributed by atoms with Gasteiger partial charge in [0.1, 0.15) is 18.1 Å². The number of hydrogen-bond donors (Lipinski definition) is 1. The highest BCUT2D eigenvalue weighted by atomic mass is 79.9. The van der Waals surface area contributed by atoms with Crippen molar-refractivity contribution in [2.45, 2.75) is 19.6 Å². The number of aromatic nitrogens is 1. The number of thiazole rings is 1. The van der Waals surface area contributed by atoms with Gasteiger partial charge in [0.2, 0.25) is 0 Å². The molecule has 1 atom stereocenters. The van der Waals surface area contributed by atoms with E-state index in [0.29, 0.717) is 55.0 Å². The third-order valence-electron chi connectivity index (χ3n) is 7.27. The van der Waals surface area contributed by atoms with Gasteiger partial charge in [-0.2, -0.15) is 0 Å². The third-order valence-corrected chi connectivity index (χ3v) is 9.02. The minimum absolute atomic E-state index is 0.289. The van der Waals surface area contributed by atoms with Crippen molar-refractivity contribution in [2.75, 3.05) is 12.4 Å². The number of amides is 1. The quantitative estimate of drug-likeness (QED) is 0.192. The van der Waals surface area contributed by atoms with Crippen LogP contribution >= 0.6 is 38.9 Å². The van der Waals surface area contributed by atoms with Crippen LogP contribution in [-0.2, 0) is 11.4 Å². The van der Waals surface area contributed by atoms with E-state index in [0.717, 1.165) is 15.6 Å². The van der Waals surface area contributed by atoms with Crippen molar-refractivity contribution in [3.8, 4) is 11.5 Å². The lowest BCUT2D eigenvalue weighted by atomic mass is 9.95. The molecule has 5 aromatic rings. The zero-order valence-electron chi connectivity index (χ0n) is 24.3. The highest BCUT2D eigenvalue weighted by Crippen LogP contribution is 2.32. The molecule has 226 valence electrons. The fourth-order valence-corrected chi connectivity index (χ4v) is 6.59. The summed E-state index contributed by atoms with van der Waals surface area (Å²) in [5.41, 5.74) is 3.60. The van der Waals surface area contributed by atoms with Gasteiger partial charge in [-0.05, 0) is 78.7 Å². The summed E-state index contributed by atoms with van der Waals surface area (Å²) in [5, 5.41) is 3.48. The van der Waals surface area contributed by atoms with Crippen LogP contribution in [0.25, 0.3) is 6.08 Å². The number of ether oxygens (including phenoxy) is 2. The van der Waals surface area contributed by atoms with Crippen LogP contribution in [0.3, 0.4) is 0 Å². The molecule has 0 bridgehead atoms. The molecule has 1 aliphatic heterocycles. The van der Waals surface area contributed by atoms with E-state index in [1.165, 1.54) is 11.3 Å². The highest BCUT2D eigenvalue weighted by molar-refractivity contribution is 9.10. The zero-order chi connectivity index (χ0) is 31.5. The van der Waals surface area contributed by atoms with Crippen LogP contribution in [0, 0.1) is 0 Å². The highest BCUT2D eigenvalue weighted by Gasteiger charge is 2.32. The molecule has 10 heteroatoms. The van der Waals surface area contributed by atoms with Crippen LogP contribution in [0.5, 0.6) is 11.5 Å². The maximum atomic E-state index is 14.2. The first kappa shape index (κ1) is 30.6.